The Hall–Kier alpha value is -1.89. The van der Waals surface area contributed by atoms with Crippen LogP contribution in [0.15, 0.2) is 12.2 Å². The number of carboxylic acid groups (broad SMARTS) is 1. The third kappa shape index (κ3) is 30.7. The summed E-state index contributed by atoms with van der Waals surface area (Å²) in [4.78, 5) is 36.0. The molecule has 0 aromatic rings. The number of allylic oxidation sites excluding steroid dienone is 1. The molecule has 270 valence electrons. The molecule has 0 saturated heterocycles. The Balaban J connectivity index is 3.98. The maximum absolute atomic E-state index is 12.6. The second-order valence-corrected chi connectivity index (χ2v) is 13.3. The molecule has 1 amide bonds. The zero-order valence-electron chi connectivity index (χ0n) is 30.2. The lowest BCUT2D eigenvalue weighted by molar-refractivity contribution is -0.147. The fourth-order valence-electron chi connectivity index (χ4n) is 5.82. The maximum atomic E-state index is 12.6. The lowest BCUT2D eigenvalue weighted by Gasteiger charge is -2.15. The molecule has 0 aliphatic rings. The number of ether oxygens (including phenoxy) is 1. The smallest absolute Gasteiger partial charge is 0.326 e. The number of hydrogen-bond donors (Lipinski definition) is 3. The summed E-state index contributed by atoms with van der Waals surface area (Å²) in [5, 5.41) is 11.9. The van der Waals surface area contributed by atoms with Gasteiger partial charge in [0.15, 0.2) is 0 Å². The summed E-state index contributed by atoms with van der Waals surface area (Å²) in [6.45, 7) is 4.86. The van der Waals surface area contributed by atoms with E-state index in [1.54, 1.807) is 0 Å². The lowest BCUT2D eigenvalue weighted by Crippen LogP contribution is -2.40. The lowest BCUT2D eigenvalue weighted by atomic mass is 10.0. The molecule has 0 rings (SSSR count). The van der Waals surface area contributed by atoms with Crippen LogP contribution in [0.1, 0.15) is 200 Å². The van der Waals surface area contributed by atoms with Crippen molar-refractivity contribution < 1.29 is 24.2 Å². The Morgan fingerprint density at radius 3 is 1.61 bits per heavy atom. The second-order valence-electron chi connectivity index (χ2n) is 13.3. The molecule has 7 heteroatoms. The Morgan fingerprint density at radius 1 is 0.630 bits per heavy atom. The summed E-state index contributed by atoms with van der Waals surface area (Å²) < 4.78 is 5.85. The van der Waals surface area contributed by atoms with Gasteiger partial charge in [-0.05, 0) is 57.6 Å². The molecule has 0 aromatic heterocycles. The molecule has 46 heavy (non-hydrogen) atoms. The second kappa shape index (κ2) is 34.4. The van der Waals surface area contributed by atoms with Crippen molar-refractivity contribution in [2.45, 2.75) is 212 Å². The van der Waals surface area contributed by atoms with E-state index in [0.717, 1.165) is 57.8 Å². The van der Waals surface area contributed by atoms with Gasteiger partial charge in [0.05, 0.1) is 0 Å². The number of aliphatic carboxylic acids is 1. The summed E-state index contributed by atoms with van der Waals surface area (Å²) in [7, 11) is 0. The number of carbonyl (C=O) groups is 3. The van der Waals surface area contributed by atoms with E-state index in [0.29, 0.717) is 38.6 Å². The van der Waals surface area contributed by atoms with Crippen molar-refractivity contribution in [1.29, 1.82) is 0 Å². The summed E-state index contributed by atoms with van der Waals surface area (Å²) in [5.41, 5.74) is 5.46. The van der Waals surface area contributed by atoms with E-state index in [9.17, 15) is 19.5 Å². The van der Waals surface area contributed by atoms with Crippen molar-refractivity contribution in [3.63, 3.8) is 0 Å². The van der Waals surface area contributed by atoms with Crippen LogP contribution in [0.3, 0.4) is 0 Å². The molecule has 4 N–H and O–H groups in total. The predicted molar refractivity (Wildman–Crippen MR) is 193 cm³/mol. The first-order chi connectivity index (χ1) is 22.4. The number of hydrogen-bond acceptors (Lipinski definition) is 5. The van der Waals surface area contributed by atoms with Gasteiger partial charge in [0.1, 0.15) is 12.1 Å². The Kier molecular flexibility index (Phi) is 33.0. The number of esters is 1. The van der Waals surface area contributed by atoms with Gasteiger partial charge in [0.25, 0.3) is 0 Å². The normalized spacial score (nSPS) is 12.8. The molecule has 7 nitrogen and oxygen atoms in total. The third-order valence-electron chi connectivity index (χ3n) is 8.82. The molecule has 0 aromatic carbocycles. The van der Waals surface area contributed by atoms with E-state index in [2.05, 4.69) is 31.3 Å². The fourth-order valence-corrected chi connectivity index (χ4v) is 5.82. The highest BCUT2D eigenvalue weighted by molar-refractivity contribution is 5.83. The average Bonchev–Trinajstić information content (AvgIpc) is 3.04. The summed E-state index contributed by atoms with van der Waals surface area (Å²) >= 11 is 0. The zero-order valence-corrected chi connectivity index (χ0v) is 30.2. The molecule has 0 spiro atoms. The molecule has 0 aliphatic heterocycles. The van der Waals surface area contributed by atoms with Gasteiger partial charge in [0, 0.05) is 12.8 Å². The monoisotopic (exact) mass is 651 g/mol. The first-order valence-corrected chi connectivity index (χ1v) is 19.5. The molecule has 2 atom stereocenters. The minimum absolute atomic E-state index is 0.0922. The van der Waals surface area contributed by atoms with Gasteiger partial charge < -0.3 is 20.9 Å². The van der Waals surface area contributed by atoms with E-state index in [4.69, 9.17) is 10.5 Å². The number of nitrogens with one attached hydrogen (secondary N) is 1. The standard InChI is InChI=1S/C39H74N2O5/c1-3-5-7-9-10-11-12-13-14-15-16-17-18-19-20-21-27-33-38(43)46-35(29-24-8-6-4-2)30-25-22-23-26-32-37(42)41-36(39(44)45)31-28-34-40/h24,29,35-36H,3-23,25-28,30-34,40H2,1-2H3,(H,41,42)(H,44,45)/b29-24-. The van der Waals surface area contributed by atoms with Gasteiger partial charge in [-0.1, -0.05) is 148 Å². The predicted octanol–water partition coefficient (Wildman–Crippen LogP) is 10.3. The maximum Gasteiger partial charge on any atom is 0.326 e. The summed E-state index contributed by atoms with van der Waals surface area (Å²) in [6, 6.07) is -0.866. The van der Waals surface area contributed by atoms with Crippen LogP contribution in [0.2, 0.25) is 0 Å². The number of carboxylic acids is 1. The van der Waals surface area contributed by atoms with Gasteiger partial charge >= 0.3 is 11.9 Å². The van der Waals surface area contributed by atoms with Crippen LogP contribution >= 0.6 is 0 Å². The number of amides is 1. The van der Waals surface area contributed by atoms with Crippen LogP contribution in [0.4, 0.5) is 0 Å². The van der Waals surface area contributed by atoms with Gasteiger partial charge in [-0.2, -0.15) is 0 Å². The first kappa shape index (κ1) is 44.1. The molecule has 0 radical (unpaired) electrons. The SMILES string of the molecule is CCCC/C=C\C(CCCCCCC(=O)NC(CCCN)C(=O)O)OC(=O)CCCCCCCCCCCCCCCCCCC. The van der Waals surface area contributed by atoms with Crippen molar-refractivity contribution in [2.75, 3.05) is 6.54 Å². The van der Waals surface area contributed by atoms with Crippen LogP contribution in [-0.4, -0.2) is 41.6 Å². The van der Waals surface area contributed by atoms with Crippen LogP contribution in [-0.2, 0) is 19.1 Å². The molecular formula is C39H74N2O5. The van der Waals surface area contributed by atoms with E-state index in [1.807, 2.05) is 0 Å². The van der Waals surface area contributed by atoms with E-state index < -0.39 is 12.0 Å². The number of carbonyl (C=O) groups excluding carboxylic acids is 2. The van der Waals surface area contributed by atoms with Crippen molar-refractivity contribution in [2.24, 2.45) is 5.73 Å². The van der Waals surface area contributed by atoms with Gasteiger partial charge in [-0.15, -0.1) is 0 Å². The quantitative estimate of drug-likeness (QED) is 0.0357. The minimum Gasteiger partial charge on any atom is -0.480 e. The topological polar surface area (TPSA) is 119 Å². The van der Waals surface area contributed by atoms with E-state index >= 15 is 0 Å². The summed E-state index contributed by atoms with van der Waals surface area (Å²) in [6.07, 6.45) is 35.8. The summed E-state index contributed by atoms with van der Waals surface area (Å²) in [5.74, 6) is -1.33. The first-order valence-electron chi connectivity index (χ1n) is 19.5. The largest absolute Gasteiger partial charge is 0.480 e. The van der Waals surface area contributed by atoms with Crippen LogP contribution in [0.5, 0.6) is 0 Å². The van der Waals surface area contributed by atoms with Crippen molar-refractivity contribution in [1.82, 2.24) is 5.32 Å². The number of unbranched alkanes of at least 4 members (excludes halogenated alkanes) is 21. The Labute approximate surface area is 283 Å². The Bertz CT molecular complexity index is 742. The Morgan fingerprint density at radius 2 is 1.11 bits per heavy atom. The zero-order chi connectivity index (χ0) is 33.9. The van der Waals surface area contributed by atoms with E-state index in [-0.39, 0.29) is 18.0 Å². The molecule has 0 aliphatic carbocycles. The average molecular weight is 651 g/mol. The highest BCUT2D eigenvalue weighted by Gasteiger charge is 2.19. The van der Waals surface area contributed by atoms with Crippen molar-refractivity contribution in [3.05, 3.63) is 12.2 Å². The highest BCUT2D eigenvalue weighted by atomic mass is 16.5. The van der Waals surface area contributed by atoms with Gasteiger partial charge in [-0.3, -0.25) is 9.59 Å². The van der Waals surface area contributed by atoms with Crippen LogP contribution < -0.4 is 11.1 Å². The van der Waals surface area contributed by atoms with Crippen molar-refractivity contribution in [3.8, 4) is 0 Å². The minimum atomic E-state index is -1.01. The van der Waals surface area contributed by atoms with Crippen LogP contribution in [0.25, 0.3) is 0 Å². The molecule has 2 unspecified atom stereocenters. The van der Waals surface area contributed by atoms with Gasteiger partial charge in [-0.25, -0.2) is 4.79 Å². The molecule has 0 saturated carbocycles. The van der Waals surface area contributed by atoms with E-state index in [1.165, 1.54) is 96.3 Å². The molecule has 0 fully saturated rings. The van der Waals surface area contributed by atoms with Crippen molar-refractivity contribution >= 4 is 17.8 Å². The molecule has 0 heterocycles. The number of nitrogens with two attached hydrogens (primary N) is 1. The third-order valence-corrected chi connectivity index (χ3v) is 8.82. The molecular weight excluding hydrogens is 576 g/mol. The highest BCUT2D eigenvalue weighted by Crippen LogP contribution is 2.16. The fraction of sp³-hybridized carbons (Fsp3) is 0.872. The molecule has 0 bridgehead atoms. The van der Waals surface area contributed by atoms with Gasteiger partial charge in [0.2, 0.25) is 5.91 Å². The van der Waals surface area contributed by atoms with Crippen LogP contribution in [0, 0.1) is 0 Å². The number of rotatable bonds is 35.